The van der Waals surface area contributed by atoms with Crippen LogP contribution in [0.3, 0.4) is 0 Å². The van der Waals surface area contributed by atoms with E-state index >= 15 is 0 Å². The molecule has 1 aliphatic carbocycles. The van der Waals surface area contributed by atoms with Crippen molar-refractivity contribution in [1.29, 1.82) is 0 Å². The zero-order valence-corrected chi connectivity index (χ0v) is 14.2. The van der Waals surface area contributed by atoms with Crippen molar-refractivity contribution in [3.8, 4) is 0 Å². The monoisotopic (exact) mass is 341 g/mol. The fourth-order valence-corrected chi connectivity index (χ4v) is 3.93. The minimum Gasteiger partial charge on any atom is -0.313 e. The normalized spacial score (nSPS) is 20.5. The number of rotatable bonds is 7. The van der Waals surface area contributed by atoms with Gasteiger partial charge in [0.15, 0.2) is 0 Å². The van der Waals surface area contributed by atoms with E-state index in [9.17, 15) is 18.5 Å². The number of nitrogens with zero attached hydrogens (tertiary/aromatic N) is 1. The lowest BCUT2D eigenvalue weighted by atomic mass is 9.92. The lowest BCUT2D eigenvalue weighted by Crippen LogP contribution is -2.36. The first kappa shape index (κ1) is 17.8. The van der Waals surface area contributed by atoms with Gasteiger partial charge >= 0.3 is 0 Å². The molecule has 0 bridgehead atoms. The Kier molecular flexibility index (Phi) is 5.38. The summed E-state index contributed by atoms with van der Waals surface area (Å²) < 4.78 is 26.7. The second-order valence-electron chi connectivity index (χ2n) is 6.71. The number of hydrogen-bond acceptors (Lipinski definition) is 5. The number of nitrogens with one attached hydrogen (secondary N) is 2. The summed E-state index contributed by atoms with van der Waals surface area (Å²) in [6.07, 6.45) is 3.39. The third kappa shape index (κ3) is 4.98. The highest BCUT2D eigenvalue weighted by Gasteiger charge is 2.30. The number of non-ortho nitro benzene ring substituents is 1. The Hall–Kier alpha value is -1.51. The van der Waals surface area contributed by atoms with Gasteiger partial charge in [0, 0.05) is 31.3 Å². The van der Waals surface area contributed by atoms with Crippen molar-refractivity contribution in [2.45, 2.75) is 44.0 Å². The van der Waals surface area contributed by atoms with Gasteiger partial charge in [-0.25, -0.2) is 13.1 Å². The van der Waals surface area contributed by atoms with Crippen LogP contribution in [0, 0.1) is 15.5 Å². The largest absolute Gasteiger partial charge is 0.313 e. The Bertz CT molecular complexity index is 656. The van der Waals surface area contributed by atoms with Gasteiger partial charge in [-0.05, 0) is 36.8 Å². The van der Waals surface area contributed by atoms with E-state index in [4.69, 9.17) is 0 Å². The van der Waals surface area contributed by atoms with Gasteiger partial charge in [0.25, 0.3) is 5.69 Å². The quantitative estimate of drug-likeness (QED) is 0.449. The Morgan fingerprint density at radius 2 is 1.91 bits per heavy atom. The SMILES string of the molecule is CC1(C)CC[C@H](NCCNS(=O)(=O)c2ccc([N+](=O)[O-])cc2)C1. The van der Waals surface area contributed by atoms with E-state index in [0.29, 0.717) is 18.0 Å². The number of hydrogen-bond donors (Lipinski definition) is 2. The van der Waals surface area contributed by atoms with E-state index in [1.165, 1.54) is 30.7 Å². The summed E-state index contributed by atoms with van der Waals surface area (Å²) in [5, 5.41) is 13.9. The highest BCUT2D eigenvalue weighted by molar-refractivity contribution is 7.89. The minimum absolute atomic E-state index is 0.0325. The lowest BCUT2D eigenvalue weighted by Gasteiger charge is -2.18. The van der Waals surface area contributed by atoms with Gasteiger partial charge in [-0.3, -0.25) is 10.1 Å². The average Bonchev–Trinajstić information content (AvgIpc) is 2.83. The molecule has 0 amide bonds. The molecule has 0 aromatic heterocycles. The molecule has 0 aliphatic heterocycles. The van der Waals surface area contributed by atoms with Crippen LogP contribution in [-0.4, -0.2) is 32.5 Å². The number of nitro benzene ring substituents is 1. The first-order valence-corrected chi connectivity index (χ1v) is 9.15. The number of sulfonamides is 1. The van der Waals surface area contributed by atoms with Gasteiger partial charge in [0.1, 0.15) is 0 Å². The van der Waals surface area contributed by atoms with Crippen LogP contribution in [0.1, 0.15) is 33.1 Å². The molecule has 128 valence electrons. The van der Waals surface area contributed by atoms with Crippen LogP contribution in [0.25, 0.3) is 0 Å². The van der Waals surface area contributed by atoms with E-state index in [1.54, 1.807) is 0 Å². The molecule has 2 rings (SSSR count). The first-order valence-electron chi connectivity index (χ1n) is 7.67. The zero-order chi connectivity index (χ0) is 17.1. The van der Waals surface area contributed by atoms with Crippen LogP contribution in [0.4, 0.5) is 5.69 Å². The molecule has 0 saturated heterocycles. The Labute approximate surface area is 136 Å². The topological polar surface area (TPSA) is 101 Å². The Morgan fingerprint density at radius 3 is 2.43 bits per heavy atom. The first-order chi connectivity index (χ1) is 10.7. The molecule has 1 saturated carbocycles. The van der Waals surface area contributed by atoms with Crippen LogP contribution in [0.15, 0.2) is 29.2 Å². The highest BCUT2D eigenvalue weighted by atomic mass is 32.2. The molecule has 0 radical (unpaired) electrons. The molecule has 0 unspecified atom stereocenters. The van der Waals surface area contributed by atoms with Crippen LogP contribution in [-0.2, 0) is 10.0 Å². The fraction of sp³-hybridized carbons (Fsp3) is 0.600. The van der Waals surface area contributed by atoms with Crippen LogP contribution < -0.4 is 10.0 Å². The molecule has 7 nitrogen and oxygen atoms in total. The van der Waals surface area contributed by atoms with Crippen LogP contribution in [0.5, 0.6) is 0 Å². The summed E-state index contributed by atoms with van der Waals surface area (Å²) in [5.74, 6) is 0. The van der Waals surface area contributed by atoms with Crippen molar-refractivity contribution in [3.63, 3.8) is 0 Å². The second-order valence-corrected chi connectivity index (χ2v) is 8.47. The van der Waals surface area contributed by atoms with Gasteiger partial charge in [-0.1, -0.05) is 13.8 Å². The molecular weight excluding hydrogens is 318 g/mol. The molecule has 8 heteroatoms. The number of nitro groups is 1. The van der Waals surface area contributed by atoms with Crippen molar-refractivity contribution in [2.75, 3.05) is 13.1 Å². The molecule has 0 heterocycles. The number of benzene rings is 1. The molecular formula is C15H23N3O4S. The average molecular weight is 341 g/mol. The summed E-state index contributed by atoms with van der Waals surface area (Å²) in [6.45, 7) is 5.33. The van der Waals surface area contributed by atoms with Gasteiger partial charge in [-0.15, -0.1) is 0 Å². The fourth-order valence-electron chi connectivity index (χ4n) is 2.90. The molecule has 1 aromatic carbocycles. The Balaban J connectivity index is 1.81. The molecule has 0 spiro atoms. The van der Waals surface area contributed by atoms with E-state index in [-0.39, 0.29) is 17.1 Å². The molecule has 1 fully saturated rings. The standard InChI is InChI=1S/C15H23N3O4S/c1-15(2)8-7-12(11-15)16-9-10-17-23(21,22)14-5-3-13(4-6-14)18(19)20/h3-6,12,16-17H,7-11H2,1-2H3/t12-/m0/s1. The lowest BCUT2D eigenvalue weighted by molar-refractivity contribution is -0.384. The zero-order valence-electron chi connectivity index (χ0n) is 13.4. The smallest absolute Gasteiger partial charge is 0.269 e. The third-order valence-corrected chi connectivity index (χ3v) is 5.65. The Morgan fingerprint density at radius 1 is 1.26 bits per heavy atom. The van der Waals surface area contributed by atoms with Crippen molar-refractivity contribution in [3.05, 3.63) is 34.4 Å². The van der Waals surface area contributed by atoms with Crippen molar-refractivity contribution in [2.24, 2.45) is 5.41 Å². The maximum atomic E-state index is 12.1. The second kappa shape index (κ2) is 6.94. The summed E-state index contributed by atoms with van der Waals surface area (Å²) in [6, 6.07) is 5.30. The van der Waals surface area contributed by atoms with Crippen molar-refractivity contribution < 1.29 is 13.3 Å². The summed E-state index contributed by atoms with van der Waals surface area (Å²) in [4.78, 5) is 10.1. The molecule has 1 atom stereocenters. The van der Waals surface area contributed by atoms with Gasteiger partial charge in [0.2, 0.25) is 10.0 Å². The van der Waals surface area contributed by atoms with E-state index in [2.05, 4.69) is 23.9 Å². The van der Waals surface area contributed by atoms with Gasteiger partial charge in [0.05, 0.1) is 9.82 Å². The predicted molar refractivity (Wildman–Crippen MR) is 87.7 cm³/mol. The maximum Gasteiger partial charge on any atom is 0.269 e. The van der Waals surface area contributed by atoms with Crippen LogP contribution >= 0.6 is 0 Å². The third-order valence-electron chi connectivity index (χ3n) is 4.18. The van der Waals surface area contributed by atoms with Gasteiger partial charge in [-0.2, -0.15) is 0 Å². The minimum atomic E-state index is -3.63. The van der Waals surface area contributed by atoms with E-state index < -0.39 is 14.9 Å². The summed E-state index contributed by atoms with van der Waals surface area (Å²) in [5.41, 5.74) is 0.227. The van der Waals surface area contributed by atoms with Crippen molar-refractivity contribution in [1.82, 2.24) is 10.0 Å². The molecule has 1 aliphatic rings. The van der Waals surface area contributed by atoms with E-state index in [0.717, 1.165) is 12.8 Å². The van der Waals surface area contributed by atoms with Crippen LogP contribution in [0.2, 0.25) is 0 Å². The van der Waals surface area contributed by atoms with Crippen molar-refractivity contribution >= 4 is 15.7 Å². The highest BCUT2D eigenvalue weighted by Crippen LogP contribution is 2.36. The maximum absolute atomic E-state index is 12.1. The summed E-state index contributed by atoms with van der Waals surface area (Å²) in [7, 11) is -3.63. The van der Waals surface area contributed by atoms with Gasteiger partial charge < -0.3 is 5.32 Å². The summed E-state index contributed by atoms with van der Waals surface area (Å²) >= 11 is 0. The molecule has 1 aromatic rings. The predicted octanol–water partition coefficient (Wildman–Crippen LogP) is 2.04. The molecule has 23 heavy (non-hydrogen) atoms. The van der Waals surface area contributed by atoms with E-state index in [1.807, 2.05) is 0 Å². The molecule has 2 N–H and O–H groups in total.